The molecule has 1 heterocycles. The fraction of sp³-hybridized carbons (Fsp3) is 0. The molecule has 1 amide bonds. The molecule has 2 N–H and O–H groups in total. The molecular weight excluding hydrogens is 459 g/mol. The fourth-order valence-corrected chi connectivity index (χ4v) is 3.20. The van der Waals surface area contributed by atoms with Gasteiger partial charge < -0.3 is 9.73 Å². The van der Waals surface area contributed by atoms with E-state index in [1.807, 2.05) is 24.3 Å². The highest BCUT2D eigenvalue weighted by Gasteiger charge is 2.16. The van der Waals surface area contributed by atoms with Crippen molar-refractivity contribution in [3.63, 3.8) is 0 Å². The van der Waals surface area contributed by atoms with Gasteiger partial charge >= 0.3 is 0 Å². The summed E-state index contributed by atoms with van der Waals surface area (Å²) in [7, 11) is 0. The molecule has 0 spiro atoms. The number of anilines is 1. The lowest BCUT2D eigenvalue weighted by Gasteiger charge is -2.08. The van der Waals surface area contributed by atoms with Gasteiger partial charge in [0.25, 0.3) is 5.91 Å². The van der Waals surface area contributed by atoms with E-state index < -0.39 is 5.91 Å². The van der Waals surface area contributed by atoms with E-state index in [4.69, 9.17) is 39.8 Å². The molecule has 0 radical (unpaired) electrons. The maximum absolute atomic E-state index is 12.3. The standard InChI is InChI=1S/C18H11BrCl2N2O2S/c19-10-3-1-4-11(9-10)22-18(26)23-17(24)15-8-7-14(25-15)12-5-2-6-13(20)16(12)21/h1-9H,(H2,22,23,24,26). The molecule has 0 unspecified atom stereocenters. The van der Waals surface area contributed by atoms with Gasteiger partial charge in [-0.15, -0.1) is 0 Å². The van der Waals surface area contributed by atoms with Crippen molar-refractivity contribution in [3.8, 4) is 11.3 Å². The van der Waals surface area contributed by atoms with Crippen molar-refractivity contribution in [2.75, 3.05) is 5.32 Å². The molecule has 0 aliphatic rings. The van der Waals surface area contributed by atoms with E-state index in [1.165, 1.54) is 0 Å². The molecule has 0 bridgehead atoms. The van der Waals surface area contributed by atoms with Gasteiger partial charge in [-0.05, 0) is 54.7 Å². The highest BCUT2D eigenvalue weighted by atomic mass is 79.9. The van der Waals surface area contributed by atoms with E-state index in [0.717, 1.165) is 10.2 Å². The van der Waals surface area contributed by atoms with Crippen LogP contribution in [0.15, 0.2) is 63.5 Å². The van der Waals surface area contributed by atoms with E-state index >= 15 is 0 Å². The van der Waals surface area contributed by atoms with Crippen molar-refractivity contribution in [2.45, 2.75) is 0 Å². The largest absolute Gasteiger partial charge is 0.451 e. The van der Waals surface area contributed by atoms with Crippen molar-refractivity contribution in [1.29, 1.82) is 0 Å². The van der Waals surface area contributed by atoms with E-state index in [9.17, 15) is 4.79 Å². The number of rotatable bonds is 3. The average molecular weight is 470 g/mol. The molecule has 0 aliphatic heterocycles. The number of carbonyl (C=O) groups is 1. The molecule has 26 heavy (non-hydrogen) atoms. The minimum absolute atomic E-state index is 0.106. The summed E-state index contributed by atoms with van der Waals surface area (Å²) in [6.07, 6.45) is 0. The van der Waals surface area contributed by atoms with Crippen LogP contribution in [0, 0.1) is 0 Å². The van der Waals surface area contributed by atoms with Crippen molar-refractivity contribution in [1.82, 2.24) is 5.32 Å². The SMILES string of the molecule is O=C(NC(=S)Nc1cccc(Br)c1)c1ccc(-c2cccc(Cl)c2Cl)o1. The van der Waals surface area contributed by atoms with E-state index in [-0.39, 0.29) is 10.9 Å². The molecule has 0 saturated carbocycles. The Hall–Kier alpha value is -1.86. The molecule has 1 aromatic heterocycles. The molecule has 8 heteroatoms. The summed E-state index contributed by atoms with van der Waals surface area (Å²) in [4.78, 5) is 12.3. The van der Waals surface area contributed by atoms with Gasteiger partial charge in [0.2, 0.25) is 0 Å². The van der Waals surface area contributed by atoms with E-state index in [2.05, 4.69) is 26.6 Å². The smallest absolute Gasteiger partial charge is 0.293 e. The Kier molecular flexibility index (Phi) is 5.98. The van der Waals surface area contributed by atoms with Gasteiger partial charge in [-0.25, -0.2) is 0 Å². The number of carbonyl (C=O) groups excluding carboxylic acids is 1. The Morgan fingerprint density at radius 3 is 2.62 bits per heavy atom. The van der Waals surface area contributed by atoms with Gasteiger partial charge in [-0.2, -0.15) is 0 Å². The zero-order chi connectivity index (χ0) is 18.7. The number of hydrogen-bond acceptors (Lipinski definition) is 3. The normalized spacial score (nSPS) is 10.4. The van der Waals surface area contributed by atoms with Crippen LogP contribution < -0.4 is 10.6 Å². The van der Waals surface area contributed by atoms with Crippen LogP contribution in [0.4, 0.5) is 5.69 Å². The van der Waals surface area contributed by atoms with Crippen LogP contribution >= 0.6 is 51.3 Å². The van der Waals surface area contributed by atoms with Crippen molar-refractivity contribution < 1.29 is 9.21 Å². The Balaban J connectivity index is 1.70. The second kappa shape index (κ2) is 8.22. The van der Waals surface area contributed by atoms with Crippen LogP contribution in [-0.2, 0) is 0 Å². The molecule has 3 aromatic rings. The second-order valence-corrected chi connectivity index (χ2v) is 7.29. The van der Waals surface area contributed by atoms with Gasteiger partial charge in [0, 0.05) is 15.7 Å². The first-order valence-electron chi connectivity index (χ1n) is 7.36. The summed E-state index contributed by atoms with van der Waals surface area (Å²) in [5.74, 6) is 0.0739. The summed E-state index contributed by atoms with van der Waals surface area (Å²) in [5.41, 5.74) is 1.35. The highest BCUT2D eigenvalue weighted by Crippen LogP contribution is 2.34. The lowest BCUT2D eigenvalue weighted by atomic mass is 10.2. The van der Waals surface area contributed by atoms with Crippen molar-refractivity contribution in [2.24, 2.45) is 0 Å². The molecule has 4 nitrogen and oxygen atoms in total. The third kappa shape index (κ3) is 4.45. The second-order valence-electron chi connectivity index (χ2n) is 5.18. The molecule has 0 aliphatic carbocycles. The summed E-state index contributed by atoms with van der Waals surface area (Å²) in [6, 6.07) is 15.8. The van der Waals surface area contributed by atoms with E-state index in [0.29, 0.717) is 21.4 Å². The molecule has 0 atom stereocenters. The first-order valence-corrected chi connectivity index (χ1v) is 9.32. The van der Waals surface area contributed by atoms with Gasteiger partial charge in [0.1, 0.15) is 5.76 Å². The van der Waals surface area contributed by atoms with Crippen LogP contribution in [0.5, 0.6) is 0 Å². The summed E-state index contributed by atoms with van der Waals surface area (Å²) in [6.45, 7) is 0. The first-order chi connectivity index (χ1) is 12.4. The zero-order valence-electron chi connectivity index (χ0n) is 13.1. The average Bonchev–Trinajstić information content (AvgIpc) is 3.07. The van der Waals surface area contributed by atoms with Crippen LogP contribution in [0.3, 0.4) is 0 Å². The number of hydrogen-bond donors (Lipinski definition) is 2. The minimum Gasteiger partial charge on any atom is -0.451 e. The van der Waals surface area contributed by atoms with Crippen LogP contribution in [-0.4, -0.2) is 11.0 Å². The summed E-state index contributed by atoms with van der Waals surface area (Å²) in [5, 5.41) is 6.43. The number of nitrogens with one attached hydrogen (secondary N) is 2. The van der Waals surface area contributed by atoms with Crippen molar-refractivity contribution >= 4 is 68.1 Å². The van der Waals surface area contributed by atoms with Gasteiger partial charge in [-0.1, -0.05) is 51.3 Å². The number of furan rings is 1. The Labute approximate surface area is 173 Å². The number of halogens is 3. The maximum atomic E-state index is 12.3. The number of amides is 1. The predicted octanol–water partition coefficient (Wildman–Crippen LogP) is 6.14. The van der Waals surface area contributed by atoms with E-state index in [1.54, 1.807) is 30.3 Å². The summed E-state index contributed by atoms with van der Waals surface area (Å²) < 4.78 is 6.48. The first kappa shape index (κ1) is 18.9. The maximum Gasteiger partial charge on any atom is 0.293 e. The number of thiocarbonyl (C=S) groups is 1. The highest BCUT2D eigenvalue weighted by molar-refractivity contribution is 9.10. The lowest BCUT2D eigenvalue weighted by molar-refractivity contribution is 0.0951. The topological polar surface area (TPSA) is 54.3 Å². The van der Waals surface area contributed by atoms with Crippen LogP contribution in [0.1, 0.15) is 10.6 Å². The number of benzene rings is 2. The quantitative estimate of drug-likeness (QED) is 0.452. The predicted molar refractivity (Wildman–Crippen MR) is 112 cm³/mol. The minimum atomic E-state index is -0.470. The monoisotopic (exact) mass is 468 g/mol. The van der Waals surface area contributed by atoms with Gasteiger partial charge in [0.05, 0.1) is 10.0 Å². The van der Waals surface area contributed by atoms with Gasteiger partial charge in [-0.3, -0.25) is 10.1 Å². The Bertz CT molecular complexity index is 991. The fourth-order valence-electron chi connectivity index (χ4n) is 2.19. The van der Waals surface area contributed by atoms with Crippen LogP contribution in [0.25, 0.3) is 11.3 Å². The summed E-state index contributed by atoms with van der Waals surface area (Å²) >= 11 is 20.7. The lowest BCUT2D eigenvalue weighted by Crippen LogP contribution is -2.33. The third-order valence-electron chi connectivity index (χ3n) is 3.36. The molecule has 2 aromatic carbocycles. The molecule has 3 rings (SSSR count). The zero-order valence-corrected chi connectivity index (χ0v) is 17.0. The molecule has 0 fully saturated rings. The molecule has 0 saturated heterocycles. The third-order valence-corrected chi connectivity index (χ3v) is 4.87. The van der Waals surface area contributed by atoms with Crippen molar-refractivity contribution in [3.05, 3.63) is 74.9 Å². The Morgan fingerprint density at radius 2 is 1.85 bits per heavy atom. The molecule has 132 valence electrons. The molecular formula is C18H11BrCl2N2O2S. The van der Waals surface area contributed by atoms with Crippen LogP contribution in [0.2, 0.25) is 10.0 Å². The van der Waals surface area contributed by atoms with Gasteiger partial charge in [0.15, 0.2) is 10.9 Å². The Morgan fingerprint density at radius 1 is 1.08 bits per heavy atom.